The first-order valence-corrected chi connectivity index (χ1v) is 12.6. The Morgan fingerprint density at radius 1 is 1.12 bits per heavy atom. The van der Waals surface area contributed by atoms with E-state index in [1.54, 1.807) is 34.6 Å². The minimum absolute atomic E-state index is 0.129. The number of aromatic nitrogens is 2. The number of carbonyl (C=O) groups excluding carboxylic acids is 1. The van der Waals surface area contributed by atoms with Gasteiger partial charge in [0.1, 0.15) is 5.82 Å². The maximum atomic E-state index is 13.0. The molecule has 0 spiro atoms. The van der Waals surface area contributed by atoms with E-state index in [0.717, 1.165) is 36.2 Å². The van der Waals surface area contributed by atoms with Gasteiger partial charge in [0.05, 0.1) is 15.9 Å². The van der Waals surface area contributed by atoms with Gasteiger partial charge in [0, 0.05) is 43.7 Å². The van der Waals surface area contributed by atoms with E-state index < -0.39 is 10.0 Å². The highest BCUT2D eigenvalue weighted by atomic mass is 35.5. The van der Waals surface area contributed by atoms with Crippen LogP contribution >= 0.6 is 11.6 Å². The number of sulfonamides is 1. The minimum atomic E-state index is -3.52. The van der Waals surface area contributed by atoms with Crippen LogP contribution < -0.4 is 5.32 Å². The maximum absolute atomic E-state index is 13.0. The molecule has 2 aromatic carbocycles. The molecule has 3 aromatic rings. The molecule has 170 valence electrons. The lowest BCUT2D eigenvalue weighted by Crippen LogP contribution is -2.35. The maximum Gasteiger partial charge on any atom is 0.243 e. The lowest BCUT2D eigenvalue weighted by atomic mass is 10.2. The molecule has 1 amide bonds. The van der Waals surface area contributed by atoms with Crippen molar-refractivity contribution in [1.82, 2.24) is 13.9 Å². The smallest absolute Gasteiger partial charge is 0.243 e. The molecule has 0 aliphatic carbocycles. The van der Waals surface area contributed by atoms with Crippen LogP contribution in [0.4, 0.5) is 5.69 Å². The fourth-order valence-electron chi connectivity index (χ4n) is 4.03. The van der Waals surface area contributed by atoms with E-state index in [-0.39, 0.29) is 17.2 Å². The zero-order chi connectivity index (χ0) is 22.9. The molecule has 0 radical (unpaired) electrons. The predicted molar refractivity (Wildman–Crippen MR) is 126 cm³/mol. The number of hydrogen-bond donors (Lipinski definition) is 1. The average molecular weight is 475 g/mol. The molecule has 0 unspecified atom stereocenters. The number of nitrogens with one attached hydrogen (secondary N) is 1. The van der Waals surface area contributed by atoms with E-state index in [1.807, 2.05) is 24.6 Å². The third kappa shape index (κ3) is 4.67. The summed E-state index contributed by atoms with van der Waals surface area (Å²) in [7, 11) is -1.64. The third-order valence-electron chi connectivity index (χ3n) is 5.95. The molecule has 9 heteroatoms. The zero-order valence-electron chi connectivity index (χ0n) is 18.3. The van der Waals surface area contributed by atoms with Gasteiger partial charge in [-0.1, -0.05) is 24.1 Å². The Kier molecular flexibility index (Phi) is 6.55. The second kappa shape index (κ2) is 9.21. The lowest BCUT2D eigenvalue weighted by molar-refractivity contribution is -0.116. The van der Waals surface area contributed by atoms with Gasteiger partial charge >= 0.3 is 0 Å². The second-order valence-electron chi connectivity index (χ2n) is 8.21. The summed E-state index contributed by atoms with van der Waals surface area (Å²) in [6, 6.07) is 10.4. The van der Waals surface area contributed by atoms with Crippen LogP contribution in [0, 0.1) is 6.92 Å². The van der Waals surface area contributed by atoms with E-state index >= 15 is 0 Å². The minimum Gasteiger partial charge on any atom is -0.331 e. The Morgan fingerprint density at radius 3 is 2.62 bits per heavy atom. The second-order valence-corrected chi connectivity index (χ2v) is 10.6. The van der Waals surface area contributed by atoms with Crippen LogP contribution in [0.25, 0.3) is 11.0 Å². The number of piperidine rings is 1. The number of anilines is 1. The number of imidazole rings is 1. The van der Waals surface area contributed by atoms with Gasteiger partial charge in [0.25, 0.3) is 0 Å². The van der Waals surface area contributed by atoms with E-state index in [1.165, 1.54) is 0 Å². The third-order valence-corrected chi connectivity index (χ3v) is 8.08. The highest BCUT2D eigenvalue weighted by Crippen LogP contribution is 2.25. The van der Waals surface area contributed by atoms with Crippen molar-refractivity contribution in [1.29, 1.82) is 0 Å². The summed E-state index contributed by atoms with van der Waals surface area (Å²) >= 11 is 6.02. The fourth-order valence-corrected chi connectivity index (χ4v) is 5.74. The Balaban J connectivity index is 1.49. The van der Waals surface area contributed by atoms with Crippen LogP contribution in [-0.2, 0) is 28.3 Å². The first-order valence-electron chi connectivity index (χ1n) is 10.8. The normalized spacial score (nSPS) is 15.2. The summed E-state index contributed by atoms with van der Waals surface area (Å²) in [6.07, 6.45) is 3.55. The van der Waals surface area contributed by atoms with Crippen molar-refractivity contribution in [2.24, 2.45) is 7.05 Å². The summed E-state index contributed by atoms with van der Waals surface area (Å²) in [5.41, 5.74) is 3.09. The van der Waals surface area contributed by atoms with Gasteiger partial charge in [-0.05, 0) is 55.7 Å². The molecule has 1 aromatic heterocycles. The molecule has 0 saturated carbocycles. The number of carbonyl (C=O) groups is 1. The molecule has 4 rings (SSSR count). The summed E-state index contributed by atoms with van der Waals surface area (Å²) in [5.74, 6) is 0.598. The van der Waals surface area contributed by atoms with Gasteiger partial charge in [-0.2, -0.15) is 4.31 Å². The molecule has 1 N–H and O–H groups in total. The average Bonchev–Trinajstić information content (AvgIpc) is 3.10. The number of halogens is 1. The Morgan fingerprint density at radius 2 is 1.88 bits per heavy atom. The van der Waals surface area contributed by atoms with Crippen LogP contribution in [0.15, 0.2) is 41.3 Å². The molecule has 1 aliphatic rings. The molecular weight excluding hydrogens is 448 g/mol. The first-order chi connectivity index (χ1) is 15.3. The molecular formula is C23H27ClN4O3S. The van der Waals surface area contributed by atoms with Gasteiger partial charge in [0.2, 0.25) is 15.9 Å². The number of rotatable bonds is 6. The van der Waals surface area contributed by atoms with Crippen molar-refractivity contribution in [3.8, 4) is 0 Å². The number of amides is 1. The van der Waals surface area contributed by atoms with Crippen molar-refractivity contribution < 1.29 is 13.2 Å². The highest BCUT2D eigenvalue weighted by molar-refractivity contribution is 7.89. The number of hydrogen-bond acceptors (Lipinski definition) is 4. The lowest BCUT2D eigenvalue weighted by Gasteiger charge is -2.25. The molecule has 1 saturated heterocycles. The molecule has 0 bridgehead atoms. The van der Waals surface area contributed by atoms with Crippen molar-refractivity contribution in [3.05, 3.63) is 52.8 Å². The van der Waals surface area contributed by atoms with Crippen LogP contribution in [-0.4, -0.2) is 41.3 Å². The van der Waals surface area contributed by atoms with Crippen LogP contribution in [0.5, 0.6) is 0 Å². The number of benzene rings is 2. The fraction of sp³-hybridized carbons (Fsp3) is 0.391. The molecule has 1 aliphatic heterocycles. The van der Waals surface area contributed by atoms with Gasteiger partial charge < -0.3 is 9.88 Å². The van der Waals surface area contributed by atoms with E-state index in [2.05, 4.69) is 10.3 Å². The van der Waals surface area contributed by atoms with Crippen molar-refractivity contribution >= 4 is 44.3 Å². The number of nitrogens with zero attached hydrogens (tertiary/aromatic N) is 3. The number of fused-ring (bicyclic) bond motifs is 1. The summed E-state index contributed by atoms with van der Waals surface area (Å²) in [5, 5.41) is 3.46. The van der Waals surface area contributed by atoms with E-state index in [0.29, 0.717) is 35.7 Å². The van der Waals surface area contributed by atoms with Crippen LogP contribution in [0.1, 0.15) is 37.1 Å². The standard InChI is InChI=1S/C23H27ClN4O3S/c1-16-6-7-17(24)14-19(16)26-23(29)11-10-22-25-20-15-18(8-9-21(20)27(22)2)32(30,31)28-12-4-3-5-13-28/h6-9,14-15H,3-5,10-13H2,1-2H3,(H,26,29). The monoisotopic (exact) mass is 474 g/mol. The molecule has 1 fully saturated rings. The van der Waals surface area contributed by atoms with Gasteiger partial charge in [-0.25, -0.2) is 13.4 Å². The SMILES string of the molecule is Cc1ccc(Cl)cc1NC(=O)CCc1nc2cc(S(=O)(=O)N3CCCCC3)ccc2n1C. The summed E-state index contributed by atoms with van der Waals surface area (Å²) < 4.78 is 29.4. The predicted octanol–water partition coefficient (Wildman–Crippen LogP) is 4.28. The Hall–Kier alpha value is -2.42. The highest BCUT2D eigenvalue weighted by Gasteiger charge is 2.26. The zero-order valence-corrected chi connectivity index (χ0v) is 19.8. The Bertz CT molecular complexity index is 1260. The van der Waals surface area contributed by atoms with E-state index in [9.17, 15) is 13.2 Å². The van der Waals surface area contributed by atoms with Gasteiger partial charge in [-0.15, -0.1) is 0 Å². The van der Waals surface area contributed by atoms with Gasteiger partial charge in [0.15, 0.2) is 0 Å². The van der Waals surface area contributed by atoms with E-state index in [4.69, 9.17) is 11.6 Å². The van der Waals surface area contributed by atoms with Crippen LogP contribution in [0.2, 0.25) is 5.02 Å². The van der Waals surface area contributed by atoms with Crippen molar-refractivity contribution in [3.63, 3.8) is 0 Å². The number of aryl methyl sites for hydroxylation is 3. The van der Waals surface area contributed by atoms with Crippen LogP contribution in [0.3, 0.4) is 0 Å². The summed E-state index contributed by atoms with van der Waals surface area (Å²) in [4.78, 5) is 17.4. The van der Waals surface area contributed by atoms with Gasteiger partial charge in [-0.3, -0.25) is 4.79 Å². The molecule has 0 atom stereocenters. The molecule has 2 heterocycles. The largest absolute Gasteiger partial charge is 0.331 e. The topological polar surface area (TPSA) is 84.3 Å². The molecule has 32 heavy (non-hydrogen) atoms. The van der Waals surface area contributed by atoms with Crippen molar-refractivity contribution in [2.75, 3.05) is 18.4 Å². The molecule has 7 nitrogen and oxygen atoms in total. The summed E-state index contributed by atoms with van der Waals surface area (Å²) in [6.45, 7) is 3.04. The van der Waals surface area contributed by atoms with Crippen molar-refractivity contribution in [2.45, 2.75) is 43.9 Å². The Labute approximate surface area is 193 Å². The first kappa shape index (κ1) is 22.8. The quantitative estimate of drug-likeness (QED) is 0.577.